The Morgan fingerprint density at radius 3 is 2.80 bits per heavy atom. The number of phenols is 1. The summed E-state index contributed by atoms with van der Waals surface area (Å²) in [7, 11) is 1.42. The molecule has 0 aliphatic carbocycles. The lowest BCUT2D eigenvalue weighted by molar-refractivity contribution is -0.148. The summed E-state index contributed by atoms with van der Waals surface area (Å²) >= 11 is 3.25. The molecule has 3 N–H and O–H groups in total. The van der Waals surface area contributed by atoms with Crippen LogP contribution in [0.15, 0.2) is 28.9 Å². The van der Waals surface area contributed by atoms with Crippen LogP contribution in [0.3, 0.4) is 0 Å². The zero-order chi connectivity index (χ0) is 18.6. The van der Waals surface area contributed by atoms with Crippen molar-refractivity contribution in [3.8, 4) is 11.5 Å². The van der Waals surface area contributed by atoms with E-state index in [1.54, 1.807) is 12.1 Å². The maximum absolute atomic E-state index is 12.5. The van der Waals surface area contributed by atoms with Crippen molar-refractivity contribution in [2.45, 2.75) is 25.8 Å². The minimum Gasteiger partial charge on any atom is -0.503 e. The van der Waals surface area contributed by atoms with Crippen LogP contribution >= 0.6 is 15.9 Å². The van der Waals surface area contributed by atoms with Gasteiger partial charge in [-0.05, 0) is 40.0 Å². The summed E-state index contributed by atoms with van der Waals surface area (Å²) in [5.41, 5.74) is 0.841. The molecule has 1 aromatic rings. The number of carbonyl (C=O) groups is 2. The van der Waals surface area contributed by atoms with Crippen molar-refractivity contribution < 1.29 is 24.2 Å². The second kappa shape index (κ2) is 8.24. The lowest BCUT2D eigenvalue weighted by atomic mass is 9.89. The number of phenolic OH excluding ortho intramolecular Hbond substituents is 1. The molecule has 1 aromatic carbocycles. The van der Waals surface area contributed by atoms with E-state index >= 15 is 0 Å². The monoisotopic (exact) mass is 412 g/mol. The quantitative estimate of drug-likeness (QED) is 0.492. The van der Waals surface area contributed by atoms with Gasteiger partial charge in [0.15, 0.2) is 11.5 Å². The average Bonchev–Trinajstić information content (AvgIpc) is 2.56. The predicted octanol–water partition coefficient (Wildman–Crippen LogP) is 2.99. The molecule has 0 saturated carbocycles. The highest BCUT2D eigenvalue weighted by atomic mass is 79.9. The Morgan fingerprint density at radius 1 is 1.44 bits per heavy atom. The molecule has 0 radical (unpaired) electrons. The van der Waals surface area contributed by atoms with Crippen LogP contribution in [-0.2, 0) is 9.53 Å². The van der Waals surface area contributed by atoms with E-state index in [0.29, 0.717) is 16.6 Å². The van der Waals surface area contributed by atoms with Crippen LogP contribution in [0.4, 0.5) is 4.79 Å². The standard InChI is InChI=1S/C17H21BrN2O5/c1-4-5-6-25-16(22)13-9(2)19-17(23)20-14(13)10-7-11(18)15(21)12(8-10)24-3/h7-8,13-14,21H,2,4-6H2,1,3H3,(H2,19,20,23)/t13-,14+/m0/s1. The summed E-state index contributed by atoms with van der Waals surface area (Å²) in [5, 5.41) is 15.2. The zero-order valence-corrected chi connectivity index (χ0v) is 15.7. The molecule has 2 amide bonds. The van der Waals surface area contributed by atoms with Crippen LogP contribution in [0.5, 0.6) is 11.5 Å². The van der Waals surface area contributed by atoms with Crippen molar-refractivity contribution in [1.29, 1.82) is 0 Å². The number of benzene rings is 1. The maximum atomic E-state index is 12.5. The average molecular weight is 413 g/mol. The Balaban J connectivity index is 2.36. The van der Waals surface area contributed by atoms with Crippen LogP contribution in [0.1, 0.15) is 31.4 Å². The molecule has 0 bridgehead atoms. The fourth-order valence-electron chi connectivity index (χ4n) is 2.58. The van der Waals surface area contributed by atoms with Gasteiger partial charge >= 0.3 is 12.0 Å². The number of amides is 2. The van der Waals surface area contributed by atoms with Gasteiger partial charge in [-0.3, -0.25) is 4.79 Å². The van der Waals surface area contributed by atoms with Crippen LogP contribution < -0.4 is 15.4 Å². The first-order chi connectivity index (χ1) is 11.9. The van der Waals surface area contributed by atoms with E-state index in [1.807, 2.05) is 6.92 Å². The third-order valence-corrected chi connectivity index (χ3v) is 4.50. The Labute approximate surface area is 154 Å². The van der Waals surface area contributed by atoms with Crippen LogP contribution in [0.25, 0.3) is 0 Å². The topological polar surface area (TPSA) is 96.9 Å². The highest BCUT2D eigenvalue weighted by molar-refractivity contribution is 9.10. The Bertz CT molecular complexity index is 692. The summed E-state index contributed by atoms with van der Waals surface area (Å²) in [6.07, 6.45) is 1.66. The van der Waals surface area contributed by atoms with Crippen LogP contribution in [0, 0.1) is 5.92 Å². The van der Waals surface area contributed by atoms with Gasteiger partial charge in [-0.15, -0.1) is 0 Å². The number of hydrogen-bond acceptors (Lipinski definition) is 5. The molecular weight excluding hydrogens is 392 g/mol. The number of urea groups is 1. The second-order valence-corrected chi connectivity index (χ2v) is 6.51. The van der Waals surface area contributed by atoms with Gasteiger partial charge in [0.2, 0.25) is 0 Å². The molecule has 136 valence electrons. The van der Waals surface area contributed by atoms with Crippen molar-refractivity contribution in [3.63, 3.8) is 0 Å². The summed E-state index contributed by atoms with van der Waals surface area (Å²) in [4.78, 5) is 24.4. The summed E-state index contributed by atoms with van der Waals surface area (Å²) in [5.74, 6) is -1.11. The Morgan fingerprint density at radius 2 is 2.16 bits per heavy atom. The van der Waals surface area contributed by atoms with Gasteiger partial charge in [-0.2, -0.15) is 0 Å². The lowest BCUT2D eigenvalue weighted by Crippen LogP contribution is -2.51. The third kappa shape index (κ3) is 4.25. The number of esters is 1. The van der Waals surface area contributed by atoms with Gasteiger partial charge < -0.3 is 25.2 Å². The molecule has 2 rings (SSSR count). The van der Waals surface area contributed by atoms with Crippen molar-refractivity contribution in [2.75, 3.05) is 13.7 Å². The first kappa shape index (κ1) is 19.1. The Kier molecular flexibility index (Phi) is 6.30. The van der Waals surface area contributed by atoms with E-state index in [2.05, 4.69) is 33.1 Å². The maximum Gasteiger partial charge on any atom is 0.319 e. The van der Waals surface area contributed by atoms with Gasteiger partial charge in [0.25, 0.3) is 0 Å². The molecule has 7 nitrogen and oxygen atoms in total. The van der Waals surface area contributed by atoms with Gasteiger partial charge in [0.1, 0.15) is 5.92 Å². The fourth-order valence-corrected chi connectivity index (χ4v) is 3.04. The number of aromatic hydroxyl groups is 1. The summed E-state index contributed by atoms with van der Waals surface area (Å²) in [6.45, 7) is 6.09. The van der Waals surface area contributed by atoms with E-state index in [0.717, 1.165) is 12.8 Å². The molecule has 1 heterocycles. The van der Waals surface area contributed by atoms with E-state index < -0.39 is 24.0 Å². The van der Waals surface area contributed by atoms with Gasteiger partial charge in [-0.1, -0.05) is 19.9 Å². The third-order valence-electron chi connectivity index (χ3n) is 3.90. The van der Waals surface area contributed by atoms with Crippen LogP contribution in [0.2, 0.25) is 0 Å². The van der Waals surface area contributed by atoms with E-state index in [-0.39, 0.29) is 17.2 Å². The van der Waals surface area contributed by atoms with Gasteiger partial charge in [0, 0.05) is 5.70 Å². The van der Waals surface area contributed by atoms with Gasteiger partial charge in [-0.25, -0.2) is 4.79 Å². The van der Waals surface area contributed by atoms with E-state index in [4.69, 9.17) is 9.47 Å². The lowest BCUT2D eigenvalue weighted by Gasteiger charge is -2.33. The van der Waals surface area contributed by atoms with Crippen LogP contribution in [-0.4, -0.2) is 30.8 Å². The minimum absolute atomic E-state index is 0.0626. The molecular formula is C17H21BrN2O5. The number of hydrogen-bond donors (Lipinski definition) is 3. The normalized spacial score (nSPS) is 19.8. The number of ether oxygens (including phenoxy) is 2. The molecule has 25 heavy (non-hydrogen) atoms. The number of unbranched alkanes of at least 4 members (excludes halogenated alkanes) is 1. The zero-order valence-electron chi connectivity index (χ0n) is 14.1. The highest BCUT2D eigenvalue weighted by Gasteiger charge is 2.39. The smallest absolute Gasteiger partial charge is 0.319 e. The summed E-state index contributed by atoms with van der Waals surface area (Å²) in [6, 6.07) is 2.03. The molecule has 2 atom stereocenters. The minimum atomic E-state index is -0.796. The van der Waals surface area contributed by atoms with Gasteiger partial charge in [0.05, 0.1) is 24.2 Å². The molecule has 1 aliphatic heterocycles. The first-order valence-corrected chi connectivity index (χ1v) is 8.67. The SMILES string of the molecule is C=C1NC(=O)N[C@H](c2cc(Br)c(O)c(OC)c2)[C@H]1C(=O)OCCCC. The molecule has 1 fully saturated rings. The predicted molar refractivity (Wildman–Crippen MR) is 95.3 cm³/mol. The molecule has 8 heteroatoms. The second-order valence-electron chi connectivity index (χ2n) is 5.65. The molecule has 0 aromatic heterocycles. The van der Waals surface area contributed by atoms with Crippen molar-refractivity contribution in [1.82, 2.24) is 10.6 Å². The fraction of sp³-hybridized carbons (Fsp3) is 0.412. The summed E-state index contributed by atoms with van der Waals surface area (Å²) < 4.78 is 10.8. The molecule has 1 aliphatic rings. The van der Waals surface area contributed by atoms with Crippen molar-refractivity contribution in [3.05, 3.63) is 34.4 Å². The van der Waals surface area contributed by atoms with Crippen molar-refractivity contribution >= 4 is 27.9 Å². The van der Waals surface area contributed by atoms with E-state index in [1.165, 1.54) is 7.11 Å². The first-order valence-electron chi connectivity index (χ1n) is 7.88. The number of methoxy groups -OCH3 is 1. The van der Waals surface area contributed by atoms with Crippen molar-refractivity contribution in [2.24, 2.45) is 5.92 Å². The molecule has 1 saturated heterocycles. The number of carbonyl (C=O) groups excluding carboxylic acids is 2. The number of nitrogens with one attached hydrogen (secondary N) is 2. The Hall–Kier alpha value is -2.22. The largest absolute Gasteiger partial charge is 0.503 e. The number of rotatable bonds is 6. The highest BCUT2D eigenvalue weighted by Crippen LogP contribution is 2.40. The molecule has 0 unspecified atom stereocenters. The number of halogens is 1. The van der Waals surface area contributed by atoms with E-state index in [9.17, 15) is 14.7 Å². The molecule has 0 spiro atoms.